The molecule has 0 amide bonds. The maximum Gasteiger partial charge on any atom is 0.240 e. The molecular formula is C19H32N4O2S. The van der Waals surface area contributed by atoms with Crippen molar-refractivity contribution in [2.45, 2.75) is 56.4 Å². The highest BCUT2D eigenvalue weighted by molar-refractivity contribution is 7.89. The molecule has 0 heterocycles. The van der Waals surface area contributed by atoms with Crippen molar-refractivity contribution in [1.29, 1.82) is 0 Å². The van der Waals surface area contributed by atoms with Crippen LogP contribution in [0.1, 0.15) is 50.5 Å². The summed E-state index contributed by atoms with van der Waals surface area (Å²) >= 11 is 0. The number of hydrogen-bond acceptors (Lipinski definition) is 3. The predicted molar refractivity (Wildman–Crippen MR) is 107 cm³/mol. The molecule has 1 aliphatic carbocycles. The molecule has 0 aliphatic heterocycles. The van der Waals surface area contributed by atoms with Crippen LogP contribution in [-0.4, -0.2) is 35.0 Å². The van der Waals surface area contributed by atoms with Crippen molar-refractivity contribution in [3.63, 3.8) is 0 Å². The standard InChI is InChI=1S/C19H32N4O2S/c1-20-19(22-14-6-9-16-7-4-3-5-8-16)23-15-17-10-12-18(13-11-17)26(24,25)21-2/h10-13,16,21H,3-9,14-15H2,1-2H3,(H2,20,22,23). The van der Waals surface area contributed by atoms with Gasteiger partial charge in [0.1, 0.15) is 0 Å². The molecule has 0 unspecified atom stereocenters. The molecule has 1 fully saturated rings. The minimum atomic E-state index is -3.38. The summed E-state index contributed by atoms with van der Waals surface area (Å²) in [5.41, 5.74) is 1.00. The summed E-state index contributed by atoms with van der Waals surface area (Å²) in [5.74, 6) is 1.69. The maximum absolute atomic E-state index is 11.7. The zero-order chi connectivity index (χ0) is 18.8. The summed E-state index contributed by atoms with van der Waals surface area (Å²) in [6.45, 7) is 1.53. The normalized spacial score (nSPS) is 16.5. The fraction of sp³-hybridized carbons (Fsp3) is 0.632. The van der Waals surface area contributed by atoms with E-state index in [-0.39, 0.29) is 4.90 Å². The molecule has 0 aromatic heterocycles. The molecule has 1 aromatic rings. The lowest BCUT2D eigenvalue weighted by molar-refractivity contribution is 0.332. The van der Waals surface area contributed by atoms with Crippen molar-refractivity contribution in [2.24, 2.45) is 10.9 Å². The molecule has 1 aromatic carbocycles. The molecule has 0 atom stereocenters. The number of rotatable bonds is 8. The minimum absolute atomic E-state index is 0.272. The van der Waals surface area contributed by atoms with Crippen molar-refractivity contribution < 1.29 is 8.42 Å². The smallest absolute Gasteiger partial charge is 0.240 e. The average molecular weight is 381 g/mol. The average Bonchev–Trinajstić information content (AvgIpc) is 2.68. The van der Waals surface area contributed by atoms with Crippen LogP contribution in [0.5, 0.6) is 0 Å². The van der Waals surface area contributed by atoms with E-state index >= 15 is 0 Å². The van der Waals surface area contributed by atoms with E-state index in [1.165, 1.54) is 52.0 Å². The second kappa shape index (κ2) is 10.5. The van der Waals surface area contributed by atoms with Crippen LogP contribution in [0.3, 0.4) is 0 Å². The lowest BCUT2D eigenvalue weighted by atomic mass is 9.86. The van der Waals surface area contributed by atoms with Gasteiger partial charge in [0.05, 0.1) is 4.90 Å². The first-order valence-electron chi connectivity index (χ1n) is 9.52. The van der Waals surface area contributed by atoms with E-state index in [2.05, 4.69) is 20.3 Å². The lowest BCUT2D eigenvalue weighted by Crippen LogP contribution is -2.37. The maximum atomic E-state index is 11.7. The number of aliphatic imine (C=N–C) groups is 1. The third-order valence-electron chi connectivity index (χ3n) is 4.99. The Morgan fingerprint density at radius 1 is 1.12 bits per heavy atom. The van der Waals surface area contributed by atoms with Crippen LogP contribution in [0.25, 0.3) is 0 Å². The summed E-state index contributed by atoms with van der Waals surface area (Å²) in [5, 5.41) is 6.63. The number of nitrogens with one attached hydrogen (secondary N) is 3. The van der Waals surface area contributed by atoms with Crippen LogP contribution >= 0.6 is 0 Å². The Morgan fingerprint density at radius 2 is 1.81 bits per heavy atom. The van der Waals surface area contributed by atoms with Crippen molar-refractivity contribution >= 4 is 16.0 Å². The van der Waals surface area contributed by atoms with Crippen LogP contribution in [0.15, 0.2) is 34.2 Å². The molecule has 26 heavy (non-hydrogen) atoms. The number of hydrogen-bond donors (Lipinski definition) is 3. The quantitative estimate of drug-likeness (QED) is 0.368. The number of guanidine groups is 1. The van der Waals surface area contributed by atoms with Gasteiger partial charge >= 0.3 is 0 Å². The SMILES string of the molecule is CN=C(NCCCC1CCCCC1)NCc1ccc(S(=O)(=O)NC)cc1. The summed E-state index contributed by atoms with van der Waals surface area (Å²) in [4.78, 5) is 4.52. The minimum Gasteiger partial charge on any atom is -0.356 e. The van der Waals surface area contributed by atoms with Crippen molar-refractivity contribution in [1.82, 2.24) is 15.4 Å². The first-order valence-corrected chi connectivity index (χ1v) is 11.0. The van der Waals surface area contributed by atoms with Gasteiger partial charge in [0, 0.05) is 20.1 Å². The summed E-state index contributed by atoms with van der Waals surface area (Å²) < 4.78 is 25.8. The van der Waals surface area contributed by atoms with Gasteiger partial charge in [-0.1, -0.05) is 44.2 Å². The van der Waals surface area contributed by atoms with Gasteiger partial charge in [-0.3, -0.25) is 4.99 Å². The first kappa shape index (κ1) is 20.7. The second-order valence-corrected chi connectivity index (χ2v) is 8.74. The number of benzene rings is 1. The van der Waals surface area contributed by atoms with Gasteiger partial charge in [-0.25, -0.2) is 13.1 Å². The third kappa shape index (κ3) is 6.61. The molecule has 7 heteroatoms. The van der Waals surface area contributed by atoms with Crippen LogP contribution in [-0.2, 0) is 16.6 Å². The Labute approximate surface area is 157 Å². The number of sulfonamides is 1. The van der Waals surface area contributed by atoms with Gasteiger partial charge in [-0.2, -0.15) is 0 Å². The molecule has 0 bridgehead atoms. The molecule has 0 spiro atoms. The number of nitrogens with zero attached hydrogens (tertiary/aromatic N) is 1. The van der Waals surface area contributed by atoms with Crippen LogP contribution in [0.4, 0.5) is 0 Å². The van der Waals surface area contributed by atoms with Crippen molar-refractivity contribution in [2.75, 3.05) is 20.6 Å². The highest BCUT2D eigenvalue weighted by Crippen LogP contribution is 2.26. The van der Waals surface area contributed by atoms with E-state index in [9.17, 15) is 8.42 Å². The van der Waals surface area contributed by atoms with Gasteiger partial charge in [0.25, 0.3) is 0 Å². The molecule has 1 saturated carbocycles. The highest BCUT2D eigenvalue weighted by Gasteiger charge is 2.13. The van der Waals surface area contributed by atoms with Gasteiger partial charge < -0.3 is 10.6 Å². The first-order chi connectivity index (χ1) is 12.5. The lowest BCUT2D eigenvalue weighted by Gasteiger charge is -2.21. The highest BCUT2D eigenvalue weighted by atomic mass is 32.2. The molecule has 1 aliphatic rings. The summed E-state index contributed by atoms with van der Waals surface area (Å²) in [6, 6.07) is 6.85. The van der Waals surface area contributed by atoms with Gasteiger partial charge in [0.2, 0.25) is 10.0 Å². The molecule has 0 radical (unpaired) electrons. The van der Waals surface area contributed by atoms with E-state index < -0.39 is 10.0 Å². The Bertz CT molecular complexity index is 665. The van der Waals surface area contributed by atoms with E-state index in [0.29, 0.717) is 6.54 Å². The fourth-order valence-corrected chi connectivity index (χ4v) is 4.11. The van der Waals surface area contributed by atoms with Crippen molar-refractivity contribution in [3.05, 3.63) is 29.8 Å². The van der Waals surface area contributed by atoms with Crippen LogP contribution < -0.4 is 15.4 Å². The molecule has 2 rings (SSSR count). The summed E-state index contributed by atoms with van der Waals surface area (Å²) in [6.07, 6.45) is 9.46. The van der Waals surface area contributed by atoms with Gasteiger partial charge in [0.15, 0.2) is 5.96 Å². The third-order valence-corrected chi connectivity index (χ3v) is 6.42. The monoisotopic (exact) mass is 380 g/mol. The zero-order valence-corrected chi connectivity index (χ0v) is 16.7. The van der Waals surface area contributed by atoms with Crippen molar-refractivity contribution in [3.8, 4) is 0 Å². The Balaban J connectivity index is 1.71. The second-order valence-electron chi connectivity index (χ2n) is 6.85. The van der Waals surface area contributed by atoms with Gasteiger partial charge in [-0.15, -0.1) is 0 Å². The van der Waals surface area contributed by atoms with E-state index in [1.54, 1.807) is 19.2 Å². The molecular weight excluding hydrogens is 348 g/mol. The molecule has 0 saturated heterocycles. The predicted octanol–water partition coefficient (Wildman–Crippen LogP) is 2.62. The van der Waals surface area contributed by atoms with E-state index in [1.807, 2.05) is 12.1 Å². The Morgan fingerprint density at radius 3 is 2.42 bits per heavy atom. The molecule has 3 N–H and O–H groups in total. The van der Waals surface area contributed by atoms with E-state index in [4.69, 9.17) is 0 Å². The largest absolute Gasteiger partial charge is 0.356 e. The summed E-state index contributed by atoms with van der Waals surface area (Å²) in [7, 11) is -0.207. The van der Waals surface area contributed by atoms with E-state index in [0.717, 1.165) is 24.0 Å². The molecule has 146 valence electrons. The molecule has 6 nitrogen and oxygen atoms in total. The van der Waals surface area contributed by atoms with Crippen LogP contribution in [0.2, 0.25) is 0 Å². The van der Waals surface area contributed by atoms with Gasteiger partial charge in [-0.05, 0) is 43.5 Å². The topological polar surface area (TPSA) is 82.6 Å². The van der Waals surface area contributed by atoms with Crippen LogP contribution in [0, 0.1) is 5.92 Å². The Hall–Kier alpha value is -1.60. The fourth-order valence-electron chi connectivity index (χ4n) is 3.38. The Kier molecular flexibility index (Phi) is 8.38. The zero-order valence-electron chi connectivity index (χ0n) is 15.9.